The maximum absolute atomic E-state index is 9.92. The third-order valence-corrected chi connectivity index (χ3v) is 0.714. The van der Waals surface area contributed by atoms with Gasteiger partial charge in [0.1, 0.15) is 0 Å². The molecule has 0 radical (unpaired) electrons. The van der Waals surface area contributed by atoms with E-state index in [4.69, 9.17) is 5.73 Å². The zero-order valence-electron chi connectivity index (χ0n) is 5.87. The molecule has 2 N–H and O–H groups in total. The van der Waals surface area contributed by atoms with E-state index in [0.717, 1.165) is 0 Å². The molecule has 0 aliphatic rings. The number of rotatable bonds is 3. The molecule has 0 saturated heterocycles. The minimum absolute atomic E-state index is 0.192. The van der Waals surface area contributed by atoms with E-state index in [0.29, 0.717) is 12.0 Å². The topological polar surface area (TPSA) is 55.5 Å². The quantitative estimate of drug-likeness (QED) is 0.353. The smallest absolute Gasteiger partial charge is 0.167 e. The fourth-order valence-corrected chi connectivity index (χ4v) is 0.281. The van der Waals surface area contributed by atoms with Crippen molar-refractivity contribution in [3.8, 4) is 0 Å². The number of nitrogens with two attached hydrogens (primary N) is 1. The minimum atomic E-state index is 0.192. The van der Waals surface area contributed by atoms with Crippen molar-refractivity contribution >= 4 is 12.5 Å². The van der Waals surface area contributed by atoms with Crippen LogP contribution in [0.4, 0.5) is 0 Å². The number of carbonyl (C=O) groups is 1. The van der Waals surface area contributed by atoms with Gasteiger partial charge < -0.3 is 5.73 Å². The Hall–Kier alpha value is -1.38. The number of allylic oxidation sites excluding steroid dienone is 3. The van der Waals surface area contributed by atoms with Crippen LogP contribution in [0.3, 0.4) is 0 Å². The predicted octanol–water partition coefficient (Wildman–Crippen LogP) is 0.632. The lowest BCUT2D eigenvalue weighted by molar-refractivity contribution is -0.104. The van der Waals surface area contributed by atoms with E-state index in [1.807, 2.05) is 0 Å². The Labute approximate surface area is 59.9 Å². The van der Waals surface area contributed by atoms with Crippen LogP contribution in [0.1, 0.15) is 6.92 Å². The Kier molecular flexibility index (Phi) is 3.87. The maximum atomic E-state index is 9.92. The summed E-state index contributed by atoms with van der Waals surface area (Å²) in [6.45, 7) is 5.07. The molecule has 0 heterocycles. The molecule has 0 aromatic heterocycles. The Bertz CT molecular complexity index is 188. The summed E-state index contributed by atoms with van der Waals surface area (Å²) in [5.41, 5.74) is 6.11. The van der Waals surface area contributed by atoms with Crippen LogP contribution < -0.4 is 5.73 Å². The summed E-state index contributed by atoms with van der Waals surface area (Å²) >= 11 is 0. The molecule has 54 valence electrons. The van der Waals surface area contributed by atoms with Crippen LogP contribution in [0.15, 0.2) is 29.0 Å². The molecule has 0 rings (SSSR count). The lowest BCUT2D eigenvalue weighted by atomic mass is 10.5. The Morgan fingerprint density at radius 1 is 1.70 bits per heavy atom. The van der Waals surface area contributed by atoms with Gasteiger partial charge in [-0.25, -0.2) is 0 Å². The number of aliphatic imine (C=N–C) groups is 1. The molecular formula is C7H10N2O. The van der Waals surface area contributed by atoms with Crippen LogP contribution in [0, 0.1) is 0 Å². The highest BCUT2D eigenvalue weighted by Crippen LogP contribution is 1.84. The highest BCUT2D eigenvalue weighted by atomic mass is 16.1. The van der Waals surface area contributed by atoms with Gasteiger partial charge in [-0.2, -0.15) is 0 Å². The zero-order valence-corrected chi connectivity index (χ0v) is 5.87. The van der Waals surface area contributed by atoms with Gasteiger partial charge in [-0.1, -0.05) is 6.58 Å². The van der Waals surface area contributed by atoms with E-state index in [2.05, 4.69) is 11.6 Å². The number of aldehydes is 1. The molecule has 10 heavy (non-hydrogen) atoms. The van der Waals surface area contributed by atoms with Gasteiger partial charge in [0.05, 0.1) is 5.70 Å². The second-order valence-electron chi connectivity index (χ2n) is 1.80. The first-order valence-corrected chi connectivity index (χ1v) is 2.77. The first-order chi connectivity index (χ1) is 4.66. The average Bonchev–Trinajstić information content (AvgIpc) is 1.87. The highest BCUT2D eigenvalue weighted by Gasteiger charge is 1.78. The molecule has 0 aromatic rings. The minimum Gasteiger partial charge on any atom is -0.402 e. The molecular weight excluding hydrogens is 128 g/mol. The molecule has 0 aliphatic carbocycles. The van der Waals surface area contributed by atoms with E-state index in [1.54, 1.807) is 13.0 Å². The van der Waals surface area contributed by atoms with Crippen molar-refractivity contribution in [2.45, 2.75) is 6.92 Å². The van der Waals surface area contributed by atoms with Crippen molar-refractivity contribution in [2.24, 2.45) is 10.7 Å². The van der Waals surface area contributed by atoms with Gasteiger partial charge in [-0.05, 0) is 13.0 Å². The van der Waals surface area contributed by atoms with Crippen molar-refractivity contribution in [2.75, 3.05) is 0 Å². The summed E-state index contributed by atoms with van der Waals surface area (Å²) in [6, 6.07) is 0. The van der Waals surface area contributed by atoms with Crippen molar-refractivity contribution in [3.05, 3.63) is 24.0 Å². The first kappa shape index (κ1) is 8.62. The van der Waals surface area contributed by atoms with Gasteiger partial charge in [0.15, 0.2) is 6.29 Å². The SMILES string of the molecule is C=C(C=O)N=C/C=C(\C)N. The lowest BCUT2D eigenvalue weighted by Gasteiger charge is -1.83. The van der Waals surface area contributed by atoms with Crippen LogP contribution in [-0.4, -0.2) is 12.5 Å². The van der Waals surface area contributed by atoms with Gasteiger partial charge >= 0.3 is 0 Å². The average molecular weight is 138 g/mol. The van der Waals surface area contributed by atoms with Crippen molar-refractivity contribution in [1.82, 2.24) is 0 Å². The zero-order chi connectivity index (χ0) is 7.98. The van der Waals surface area contributed by atoms with Crippen LogP contribution in [-0.2, 0) is 4.79 Å². The number of carbonyl (C=O) groups excluding carboxylic acids is 1. The van der Waals surface area contributed by atoms with E-state index < -0.39 is 0 Å². The number of nitrogens with zero attached hydrogens (tertiary/aromatic N) is 1. The second kappa shape index (κ2) is 4.49. The molecule has 0 aromatic carbocycles. The van der Waals surface area contributed by atoms with Gasteiger partial charge in [0, 0.05) is 11.9 Å². The molecule has 3 heteroatoms. The van der Waals surface area contributed by atoms with Crippen molar-refractivity contribution < 1.29 is 4.79 Å². The van der Waals surface area contributed by atoms with Crippen LogP contribution in [0.2, 0.25) is 0 Å². The molecule has 0 fully saturated rings. The van der Waals surface area contributed by atoms with Crippen LogP contribution in [0.5, 0.6) is 0 Å². The first-order valence-electron chi connectivity index (χ1n) is 2.77. The summed E-state index contributed by atoms with van der Waals surface area (Å²) in [7, 11) is 0. The summed E-state index contributed by atoms with van der Waals surface area (Å²) in [4.78, 5) is 13.6. The fraction of sp³-hybridized carbons (Fsp3) is 0.143. The summed E-state index contributed by atoms with van der Waals surface area (Å²) < 4.78 is 0. The molecule has 0 bridgehead atoms. The third-order valence-electron chi connectivity index (χ3n) is 0.714. The molecule has 0 saturated carbocycles. The summed E-state index contributed by atoms with van der Waals surface area (Å²) in [5.74, 6) is 0. The maximum Gasteiger partial charge on any atom is 0.167 e. The molecule has 0 unspecified atom stereocenters. The van der Waals surface area contributed by atoms with E-state index in [-0.39, 0.29) is 5.70 Å². The molecule has 0 spiro atoms. The van der Waals surface area contributed by atoms with Gasteiger partial charge in [-0.3, -0.25) is 9.79 Å². The Morgan fingerprint density at radius 2 is 2.30 bits per heavy atom. The monoisotopic (exact) mass is 138 g/mol. The highest BCUT2D eigenvalue weighted by molar-refractivity contribution is 5.80. The Balaban J connectivity index is 3.89. The molecule has 0 aliphatic heterocycles. The molecule has 0 atom stereocenters. The summed E-state index contributed by atoms with van der Waals surface area (Å²) in [6.07, 6.45) is 3.61. The third kappa shape index (κ3) is 4.77. The van der Waals surface area contributed by atoms with Gasteiger partial charge in [-0.15, -0.1) is 0 Å². The normalized spacial score (nSPS) is 11.9. The Morgan fingerprint density at radius 3 is 2.70 bits per heavy atom. The summed E-state index contributed by atoms with van der Waals surface area (Å²) in [5, 5.41) is 0. The number of hydrogen-bond acceptors (Lipinski definition) is 3. The fourth-order valence-electron chi connectivity index (χ4n) is 0.281. The lowest BCUT2D eigenvalue weighted by Crippen LogP contribution is -1.89. The second-order valence-corrected chi connectivity index (χ2v) is 1.80. The van der Waals surface area contributed by atoms with Gasteiger partial charge in [0.25, 0.3) is 0 Å². The molecule has 3 nitrogen and oxygen atoms in total. The van der Waals surface area contributed by atoms with E-state index >= 15 is 0 Å². The van der Waals surface area contributed by atoms with Crippen LogP contribution in [0.25, 0.3) is 0 Å². The van der Waals surface area contributed by atoms with E-state index in [1.165, 1.54) is 6.21 Å². The standard InChI is InChI=1S/C7H10N2O/c1-6(8)3-4-9-7(2)5-10/h3-5H,2,8H2,1H3/b6-3+,9-4?. The van der Waals surface area contributed by atoms with Crippen molar-refractivity contribution in [3.63, 3.8) is 0 Å². The van der Waals surface area contributed by atoms with Crippen LogP contribution >= 0.6 is 0 Å². The van der Waals surface area contributed by atoms with Crippen molar-refractivity contribution in [1.29, 1.82) is 0 Å². The van der Waals surface area contributed by atoms with Gasteiger partial charge in [0.2, 0.25) is 0 Å². The predicted molar refractivity (Wildman–Crippen MR) is 41.6 cm³/mol. The molecule has 0 amide bonds. The largest absolute Gasteiger partial charge is 0.402 e. The van der Waals surface area contributed by atoms with E-state index in [9.17, 15) is 4.79 Å². The number of hydrogen-bond donors (Lipinski definition) is 1.